The number of furan rings is 1. The Morgan fingerprint density at radius 1 is 1.53 bits per heavy atom. The fourth-order valence-corrected chi connectivity index (χ4v) is 1.12. The molecule has 0 bridgehead atoms. The van der Waals surface area contributed by atoms with Gasteiger partial charge in [0.05, 0.1) is 12.1 Å². The van der Waals surface area contributed by atoms with Gasteiger partial charge in [0.2, 0.25) is 0 Å². The average Bonchev–Trinajstić information content (AvgIpc) is 2.62. The highest BCUT2D eigenvalue weighted by Crippen LogP contribution is 2.22. The first kappa shape index (κ1) is 13.9. The molecule has 7 heteroatoms. The topological polar surface area (TPSA) is 108 Å². The molecule has 1 rings (SSSR count). The minimum atomic E-state index is -0.584. The van der Waals surface area contributed by atoms with Crippen molar-refractivity contribution in [2.45, 2.75) is 18.9 Å². The molecule has 0 saturated heterocycles. The highest BCUT2D eigenvalue weighted by atomic mass is 35.5. The molecule has 0 fully saturated rings. The molecule has 4 N–H and O–H groups in total. The Labute approximate surface area is 93.2 Å². The largest absolute Gasteiger partial charge is 0.433 e. The maximum absolute atomic E-state index is 10.3. The summed E-state index contributed by atoms with van der Waals surface area (Å²) >= 11 is 0. The predicted molar refractivity (Wildman–Crippen MR) is 57.8 cm³/mol. The van der Waals surface area contributed by atoms with Crippen molar-refractivity contribution in [3.05, 3.63) is 28.0 Å². The lowest BCUT2D eigenvalue weighted by Crippen LogP contribution is -2.11. The standard InChI is InChI=1S/C8H13N3O3.ClH/c9-5-1-2-6(10)7-3-4-8(14-7)11(12)13;/h3-4,6H,1-2,5,9-10H2;1H/t6-;/m0./s1. The van der Waals surface area contributed by atoms with E-state index in [1.807, 2.05) is 0 Å². The van der Waals surface area contributed by atoms with Gasteiger partial charge in [-0.15, -0.1) is 12.4 Å². The van der Waals surface area contributed by atoms with Crippen LogP contribution in [0, 0.1) is 10.1 Å². The summed E-state index contributed by atoms with van der Waals surface area (Å²) in [5.41, 5.74) is 11.0. The molecule has 1 atom stereocenters. The monoisotopic (exact) mass is 235 g/mol. The van der Waals surface area contributed by atoms with Crippen molar-refractivity contribution >= 4 is 18.3 Å². The van der Waals surface area contributed by atoms with Crippen molar-refractivity contribution < 1.29 is 9.34 Å². The van der Waals surface area contributed by atoms with Gasteiger partial charge in [-0.25, -0.2) is 0 Å². The smallest absolute Gasteiger partial charge is 0.404 e. The molecule has 0 radical (unpaired) electrons. The number of nitro groups is 1. The van der Waals surface area contributed by atoms with Crippen LogP contribution in [-0.2, 0) is 0 Å². The predicted octanol–water partition coefficient (Wildman–Crippen LogP) is 1.35. The molecule has 1 heterocycles. The molecule has 0 aliphatic carbocycles. The van der Waals surface area contributed by atoms with Crippen LogP contribution < -0.4 is 11.5 Å². The Morgan fingerprint density at radius 3 is 2.67 bits per heavy atom. The summed E-state index contributed by atoms with van der Waals surface area (Å²) in [5, 5.41) is 10.3. The minimum absolute atomic E-state index is 0. The molecule has 0 spiro atoms. The van der Waals surface area contributed by atoms with Gasteiger partial charge in [0.25, 0.3) is 0 Å². The summed E-state index contributed by atoms with van der Waals surface area (Å²) in [7, 11) is 0. The van der Waals surface area contributed by atoms with Crippen molar-refractivity contribution in [1.29, 1.82) is 0 Å². The summed E-state index contributed by atoms with van der Waals surface area (Å²) in [4.78, 5) is 9.72. The van der Waals surface area contributed by atoms with Gasteiger partial charge >= 0.3 is 5.88 Å². The van der Waals surface area contributed by atoms with Crippen LogP contribution in [-0.4, -0.2) is 11.5 Å². The van der Waals surface area contributed by atoms with Crippen LogP contribution in [0.2, 0.25) is 0 Å². The Bertz CT molecular complexity index is 316. The molecule has 0 unspecified atom stereocenters. The van der Waals surface area contributed by atoms with Crippen molar-refractivity contribution in [3.63, 3.8) is 0 Å². The fraction of sp³-hybridized carbons (Fsp3) is 0.500. The molecule has 0 aromatic carbocycles. The second kappa shape index (κ2) is 6.39. The summed E-state index contributed by atoms with van der Waals surface area (Å²) in [6.45, 7) is 0.552. The summed E-state index contributed by atoms with van der Waals surface area (Å²) < 4.78 is 4.94. The Kier molecular flexibility index (Phi) is 5.92. The molecule has 1 aromatic heterocycles. The van der Waals surface area contributed by atoms with Gasteiger partial charge in [-0.1, -0.05) is 0 Å². The van der Waals surface area contributed by atoms with Crippen LogP contribution in [0.25, 0.3) is 0 Å². The van der Waals surface area contributed by atoms with Gasteiger partial charge in [0, 0.05) is 0 Å². The maximum atomic E-state index is 10.3. The van der Waals surface area contributed by atoms with Gasteiger partial charge < -0.3 is 15.9 Å². The van der Waals surface area contributed by atoms with Gasteiger partial charge in [0.15, 0.2) is 0 Å². The zero-order chi connectivity index (χ0) is 10.6. The lowest BCUT2D eigenvalue weighted by Gasteiger charge is -2.05. The average molecular weight is 236 g/mol. The quantitative estimate of drug-likeness (QED) is 0.591. The van der Waals surface area contributed by atoms with Gasteiger partial charge in [-0.05, 0) is 25.5 Å². The van der Waals surface area contributed by atoms with E-state index >= 15 is 0 Å². The normalized spacial score (nSPS) is 11.9. The zero-order valence-corrected chi connectivity index (χ0v) is 8.90. The number of rotatable bonds is 5. The molecule has 0 aliphatic heterocycles. The minimum Gasteiger partial charge on any atom is -0.404 e. The highest BCUT2D eigenvalue weighted by molar-refractivity contribution is 5.85. The maximum Gasteiger partial charge on any atom is 0.433 e. The van der Waals surface area contributed by atoms with E-state index in [4.69, 9.17) is 15.9 Å². The molecule has 6 nitrogen and oxygen atoms in total. The van der Waals surface area contributed by atoms with Gasteiger partial charge in [-0.2, -0.15) is 0 Å². The summed E-state index contributed by atoms with van der Waals surface area (Å²) in [5.74, 6) is 0.161. The molecular formula is C8H14ClN3O3. The second-order valence-corrected chi connectivity index (χ2v) is 2.97. The Hall–Kier alpha value is -1.11. The lowest BCUT2D eigenvalue weighted by atomic mass is 10.1. The first-order valence-electron chi connectivity index (χ1n) is 4.35. The van der Waals surface area contributed by atoms with Crippen molar-refractivity contribution in [3.8, 4) is 0 Å². The van der Waals surface area contributed by atoms with E-state index in [1.165, 1.54) is 12.1 Å². The van der Waals surface area contributed by atoms with Crippen LogP contribution in [0.4, 0.5) is 5.88 Å². The molecule has 0 amide bonds. The fourth-order valence-electron chi connectivity index (χ4n) is 1.12. The number of hydrogen-bond donors (Lipinski definition) is 2. The number of nitrogens with zero attached hydrogens (tertiary/aromatic N) is 1. The van der Waals surface area contributed by atoms with Crippen LogP contribution in [0.1, 0.15) is 24.6 Å². The lowest BCUT2D eigenvalue weighted by molar-refractivity contribution is -0.402. The third-order valence-corrected chi connectivity index (χ3v) is 1.88. The van der Waals surface area contributed by atoms with Crippen molar-refractivity contribution in [2.24, 2.45) is 11.5 Å². The molecule has 86 valence electrons. The van der Waals surface area contributed by atoms with Crippen LogP contribution in [0.3, 0.4) is 0 Å². The second-order valence-electron chi connectivity index (χ2n) is 2.97. The number of nitrogens with two attached hydrogens (primary N) is 2. The van der Waals surface area contributed by atoms with Crippen molar-refractivity contribution in [1.82, 2.24) is 0 Å². The first-order valence-corrected chi connectivity index (χ1v) is 4.35. The third-order valence-electron chi connectivity index (χ3n) is 1.88. The van der Waals surface area contributed by atoms with Crippen LogP contribution in [0.5, 0.6) is 0 Å². The van der Waals surface area contributed by atoms with E-state index in [-0.39, 0.29) is 24.3 Å². The van der Waals surface area contributed by atoms with Crippen LogP contribution in [0.15, 0.2) is 16.5 Å². The molecule has 0 aliphatic rings. The summed E-state index contributed by atoms with van der Waals surface area (Å²) in [6.07, 6.45) is 1.44. The number of hydrogen-bond acceptors (Lipinski definition) is 5. The Balaban J connectivity index is 0.00000196. The van der Waals surface area contributed by atoms with E-state index < -0.39 is 4.92 Å². The number of halogens is 1. The van der Waals surface area contributed by atoms with E-state index in [0.717, 1.165) is 6.42 Å². The molecule has 1 aromatic rings. The zero-order valence-electron chi connectivity index (χ0n) is 8.09. The molecule has 0 saturated carbocycles. The highest BCUT2D eigenvalue weighted by Gasteiger charge is 2.16. The Morgan fingerprint density at radius 2 is 2.20 bits per heavy atom. The first-order chi connectivity index (χ1) is 6.65. The van der Waals surface area contributed by atoms with Crippen LogP contribution >= 0.6 is 12.4 Å². The van der Waals surface area contributed by atoms with E-state index in [2.05, 4.69) is 0 Å². The van der Waals surface area contributed by atoms with E-state index in [9.17, 15) is 10.1 Å². The van der Waals surface area contributed by atoms with E-state index in [1.54, 1.807) is 0 Å². The van der Waals surface area contributed by atoms with Gasteiger partial charge in [-0.3, -0.25) is 10.1 Å². The molecular weight excluding hydrogens is 222 g/mol. The van der Waals surface area contributed by atoms with Crippen molar-refractivity contribution in [2.75, 3.05) is 6.54 Å². The summed E-state index contributed by atoms with van der Waals surface area (Å²) in [6, 6.07) is 2.52. The SMILES string of the molecule is Cl.NCCC[C@H](N)c1ccc([N+](=O)[O-])o1. The van der Waals surface area contributed by atoms with E-state index in [0.29, 0.717) is 18.7 Å². The van der Waals surface area contributed by atoms with Gasteiger partial charge in [0.1, 0.15) is 10.7 Å². The molecule has 15 heavy (non-hydrogen) atoms. The third kappa shape index (κ3) is 3.86.